The summed E-state index contributed by atoms with van der Waals surface area (Å²) in [7, 11) is 0. The van der Waals surface area contributed by atoms with Crippen molar-refractivity contribution >= 4 is 5.91 Å². The van der Waals surface area contributed by atoms with Gasteiger partial charge >= 0.3 is 0 Å². The molecule has 1 N–H and O–H groups in total. The summed E-state index contributed by atoms with van der Waals surface area (Å²) >= 11 is 0. The Bertz CT molecular complexity index is 815. The van der Waals surface area contributed by atoms with Crippen molar-refractivity contribution in [3.05, 3.63) is 35.5 Å². The number of benzene rings is 1. The van der Waals surface area contributed by atoms with Crippen molar-refractivity contribution in [2.45, 2.75) is 58.9 Å². The largest absolute Gasteiger partial charge is 0.356 e. The predicted molar refractivity (Wildman–Crippen MR) is 110 cm³/mol. The molecular formula is C22H31FN4O2. The molecule has 0 radical (unpaired) electrons. The number of nitrogens with one attached hydrogen (secondary N) is 1. The van der Waals surface area contributed by atoms with Gasteiger partial charge < -0.3 is 9.84 Å². The highest BCUT2D eigenvalue weighted by molar-refractivity contribution is 5.78. The number of nitrogens with zero attached hydrogens (tertiary/aromatic N) is 3. The maximum absolute atomic E-state index is 13.5. The zero-order valence-corrected chi connectivity index (χ0v) is 17.6. The maximum Gasteiger partial charge on any atom is 0.244 e. The number of unbranched alkanes of at least 4 members (excludes halogenated alkanes) is 2. The van der Waals surface area contributed by atoms with E-state index in [4.69, 9.17) is 4.52 Å². The monoisotopic (exact) mass is 402 g/mol. The average molecular weight is 403 g/mol. The minimum atomic E-state index is -0.247. The molecule has 158 valence electrons. The van der Waals surface area contributed by atoms with Gasteiger partial charge in [0.05, 0.1) is 6.04 Å². The zero-order chi connectivity index (χ0) is 20.8. The molecule has 0 aliphatic carbocycles. The van der Waals surface area contributed by atoms with Crippen LogP contribution in [0.25, 0.3) is 11.4 Å². The molecule has 1 aromatic carbocycles. The van der Waals surface area contributed by atoms with E-state index in [0.717, 1.165) is 57.3 Å². The first kappa shape index (κ1) is 21.4. The quantitative estimate of drug-likeness (QED) is 0.668. The number of likely N-dealkylation sites (tertiary alicyclic amines) is 1. The van der Waals surface area contributed by atoms with Crippen molar-refractivity contribution in [2.24, 2.45) is 5.92 Å². The fourth-order valence-corrected chi connectivity index (χ4v) is 3.74. The number of amides is 1. The molecule has 1 aliphatic rings. The van der Waals surface area contributed by atoms with Gasteiger partial charge in [-0.1, -0.05) is 24.9 Å². The number of halogens is 1. The Morgan fingerprint density at radius 1 is 1.34 bits per heavy atom. The summed E-state index contributed by atoms with van der Waals surface area (Å²) in [4.78, 5) is 19.1. The first-order valence-electron chi connectivity index (χ1n) is 10.6. The van der Waals surface area contributed by atoms with Crippen LogP contribution in [-0.4, -0.2) is 40.6 Å². The third-order valence-electron chi connectivity index (χ3n) is 5.74. The fraction of sp³-hybridized carbons (Fsp3) is 0.591. The van der Waals surface area contributed by atoms with Gasteiger partial charge in [0.25, 0.3) is 0 Å². The van der Waals surface area contributed by atoms with E-state index in [1.54, 1.807) is 19.1 Å². The van der Waals surface area contributed by atoms with E-state index >= 15 is 0 Å². The van der Waals surface area contributed by atoms with Crippen molar-refractivity contribution < 1.29 is 13.7 Å². The summed E-state index contributed by atoms with van der Waals surface area (Å²) in [6, 6.07) is 4.78. The standard InChI is InChI=1S/C22H31FN4O2/c1-4-5-6-11-24-21(28)17-9-12-27(13-10-17)16(3)22-25-20(26-29-22)18-7-8-19(23)15(2)14-18/h7-8,14,16-17H,4-6,9-13H2,1-3H3,(H,24,28). The number of aryl methyl sites for hydroxylation is 1. The van der Waals surface area contributed by atoms with Gasteiger partial charge in [0.1, 0.15) is 5.82 Å². The molecule has 1 unspecified atom stereocenters. The second kappa shape index (κ2) is 9.96. The predicted octanol–water partition coefficient (Wildman–Crippen LogP) is 4.26. The van der Waals surface area contributed by atoms with E-state index in [2.05, 4.69) is 27.3 Å². The molecule has 1 atom stereocenters. The summed E-state index contributed by atoms with van der Waals surface area (Å²) in [6.45, 7) is 8.33. The number of aromatic nitrogens is 2. The van der Waals surface area contributed by atoms with E-state index in [0.29, 0.717) is 17.3 Å². The molecule has 29 heavy (non-hydrogen) atoms. The Morgan fingerprint density at radius 3 is 2.79 bits per heavy atom. The minimum absolute atomic E-state index is 0.0219. The third-order valence-corrected chi connectivity index (χ3v) is 5.74. The van der Waals surface area contributed by atoms with Crippen LogP contribution in [0.4, 0.5) is 4.39 Å². The normalized spacial score (nSPS) is 16.7. The number of hydrogen-bond acceptors (Lipinski definition) is 5. The van der Waals surface area contributed by atoms with Crippen LogP contribution < -0.4 is 5.32 Å². The van der Waals surface area contributed by atoms with Crippen molar-refractivity contribution in [1.29, 1.82) is 0 Å². The molecule has 6 nitrogen and oxygen atoms in total. The van der Waals surface area contributed by atoms with Gasteiger partial charge in [-0.2, -0.15) is 4.98 Å². The molecule has 1 fully saturated rings. The second-order valence-corrected chi connectivity index (χ2v) is 7.90. The molecule has 0 saturated carbocycles. The Kier molecular flexibility index (Phi) is 7.36. The van der Waals surface area contributed by atoms with E-state index < -0.39 is 0 Å². The number of hydrogen-bond donors (Lipinski definition) is 1. The van der Waals surface area contributed by atoms with Crippen LogP contribution in [0.1, 0.15) is 63.4 Å². The summed E-state index contributed by atoms with van der Waals surface area (Å²) in [5.74, 6) is 1.03. The highest BCUT2D eigenvalue weighted by Crippen LogP contribution is 2.27. The molecule has 2 heterocycles. The first-order valence-corrected chi connectivity index (χ1v) is 10.6. The molecule has 1 saturated heterocycles. The molecule has 3 rings (SSSR count). The van der Waals surface area contributed by atoms with Crippen LogP contribution in [-0.2, 0) is 4.79 Å². The van der Waals surface area contributed by atoms with Gasteiger partial charge in [-0.3, -0.25) is 9.69 Å². The lowest BCUT2D eigenvalue weighted by Gasteiger charge is -2.33. The molecule has 2 aromatic rings. The molecule has 7 heteroatoms. The molecule has 1 amide bonds. The average Bonchev–Trinajstić information content (AvgIpc) is 3.23. The smallest absolute Gasteiger partial charge is 0.244 e. The number of carbonyl (C=O) groups is 1. The Morgan fingerprint density at radius 2 is 2.10 bits per heavy atom. The first-order chi connectivity index (χ1) is 14.0. The van der Waals surface area contributed by atoms with Gasteiger partial charge in [-0.05, 0) is 70.0 Å². The molecule has 0 bridgehead atoms. The van der Waals surface area contributed by atoms with E-state index in [-0.39, 0.29) is 23.7 Å². The lowest BCUT2D eigenvalue weighted by Crippen LogP contribution is -2.41. The minimum Gasteiger partial charge on any atom is -0.356 e. The lowest BCUT2D eigenvalue weighted by atomic mass is 9.95. The summed E-state index contributed by atoms with van der Waals surface area (Å²) < 4.78 is 19.0. The van der Waals surface area contributed by atoms with Gasteiger partial charge in [-0.15, -0.1) is 0 Å². The van der Waals surface area contributed by atoms with E-state index in [1.165, 1.54) is 6.07 Å². The van der Waals surface area contributed by atoms with Crippen molar-refractivity contribution in [3.63, 3.8) is 0 Å². The second-order valence-electron chi connectivity index (χ2n) is 7.90. The number of rotatable bonds is 8. The molecule has 1 aliphatic heterocycles. The Labute approximate surface area is 171 Å². The van der Waals surface area contributed by atoms with Gasteiger partial charge in [0.15, 0.2) is 0 Å². The van der Waals surface area contributed by atoms with Crippen LogP contribution in [0.15, 0.2) is 22.7 Å². The van der Waals surface area contributed by atoms with Gasteiger partial charge in [0, 0.05) is 18.0 Å². The number of carbonyl (C=O) groups excluding carboxylic acids is 1. The topological polar surface area (TPSA) is 71.3 Å². The highest BCUT2D eigenvalue weighted by atomic mass is 19.1. The van der Waals surface area contributed by atoms with Crippen LogP contribution >= 0.6 is 0 Å². The van der Waals surface area contributed by atoms with Crippen molar-refractivity contribution in [1.82, 2.24) is 20.4 Å². The Hall–Kier alpha value is -2.28. The number of piperidine rings is 1. The molecular weight excluding hydrogens is 371 g/mol. The zero-order valence-electron chi connectivity index (χ0n) is 17.6. The lowest BCUT2D eigenvalue weighted by molar-refractivity contribution is -0.126. The van der Waals surface area contributed by atoms with Gasteiger partial charge in [0.2, 0.25) is 17.6 Å². The SMILES string of the molecule is CCCCCNC(=O)C1CCN(C(C)c2nc(-c3ccc(F)c(C)c3)no2)CC1. The maximum atomic E-state index is 13.5. The van der Waals surface area contributed by atoms with Crippen LogP contribution in [0.5, 0.6) is 0 Å². The van der Waals surface area contributed by atoms with Gasteiger partial charge in [-0.25, -0.2) is 4.39 Å². The molecule has 0 spiro atoms. The summed E-state index contributed by atoms with van der Waals surface area (Å²) in [5.41, 5.74) is 1.29. The van der Waals surface area contributed by atoms with Crippen LogP contribution in [0, 0.1) is 18.7 Å². The van der Waals surface area contributed by atoms with Crippen molar-refractivity contribution in [2.75, 3.05) is 19.6 Å². The van der Waals surface area contributed by atoms with E-state index in [1.807, 2.05) is 6.92 Å². The fourth-order valence-electron chi connectivity index (χ4n) is 3.74. The third kappa shape index (κ3) is 5.41. The highest BCUT2D eigenvalue weighted by Gasteiger charge is 2.29. The van der Waals surface area contributed by atoms with Crippen LogP contribution in [0.3, 0.4) is 0 Å². The van der Waals surface area contributed by atoms with Crippen LogP contribution in [0.2, 0.25) is 0 Å². The van der Waals surface area contributed by atoms with Crippen molar-refractivity contribution in [3.8, 4) is 11.4 Å². The van der Waals surface area contributed by atoms with E-state index in [9.17, 15) is 9.18 Å². The Balaban J connectivity index is 1.53. The molecule has 1 aromatic heterocycles. The summed E-state index contributed by atoms with van der Waals surface area (Å²) in [6.07, 6.45) is 5.03. The summed E-state index contributed by atoms with van der Waals surface area (Å²) in [5, 5.41) is 7.13.